The number of rotatable bonds is 17. The Bertz CT molecular complexity index is 1250. The predicted octanol–water partition coefficient (Wildman–Crippen LogP) is 7.22. The van der Waals surface area contributed by atoms with Gasteiger partial charge >= 0.3 is 11.9 Å². The summed E-state index contributed by atoms with van der Waals surface area (Å²) in [6.07, 6.45) is 7.59. The average Bonchev–Trinajstić information content (AvgIpc) is 2.97. The third-order valence-corrected chi connectivity index (χ3v) is 6.08. The van der Waals surface area contributed by atoms with Crippen molar-refractivity contribution in [1.29, 1.82) is 0 Å². The first kappa shape index (κ1) is 30.5. The van der Waals surface area contributed by atoms with E-state index >= 15 is 0 Å². The van der Waals surface area contributed by atoms with Crippen molar-refractivity contribution < 1.29 is 33.2 Å². The van der Waals surface area contributed by atoms with Gasteiger partial charge in [0, 0.05) is 11.6 Å². The van der Waals surface area contributed by atoms with Crippen molar-refractivity contribution in [3.05, 3.63) is 115 Å². The third kappa shape index (κ3) is 10.2. The van der Waals surface area contributed by atoms with Gasteiger partial charge in [0.25, 0.3) is 0 Å². The molecule has 0 heterocycles. The highest BCUT2D eigenvalue weighted by molar-refractivity contribution is 5.91. The van der Waals surface area contributed by atoms with Gasteiger partial charge in [0.05, 0.1) is 18.8 Å². The van der Waals surface area contributed by atoms with Gasteiger partial charge in [-0.15, -0.1) is 6.58 Å². The van der Waals surface area contributed by atoms with Crippen LogP contribution in [0.3, 0.4) is 0 Å². The van der Waals surface area contributed by atoms with Crippen molar-refractivity contribution in [1.82, 2.24) is 0 Å². The summed E-state index contributed by atoms with van der Waals surface area (Å²) in [5.74, 6) is -0.798. The minimum Gasteiger partial charge on any atom is -0.463 e. The number of ether oxygens (including phenoxy) is 2. The number of benzene rings is 3. The number of hydrogen-bond acceptors (Lipinski definition) is 6. The van der Waals surface area contributed by atoms with Gasteiger partial charge < -0.3 is 9.47 Å². The maximum absolute atomic E-state index is 14.8. The Kier molecular flexibility index (Phi) is 12.8. The molecule has 0 aliphatic heterocycles. The van der Waals surface area contributed by atoms with Crippen molar-refractivity contribution in [2.24, 2.45) is 0 Å². The molecule has 0 aliphatic rings. The molecule has 0 spiro atoms. The van der Waals surface area contributed by atoms with E-state index in [1.54, 1.807) is 48.5 Å². The van der Waals surface area contributed by atoms with Crippen LogP contribution < -0.4 is 4.74 Å². The summed E-state index contributed by atoms with van der Waals surface area (Å²) in [7, 11) is 0. The summed E-state index contributed by atoms with van der Waals surface area (Å²) < 4.78 is 25.3. The Morgan fingerprint density at radius 3 is 2.12 bits per heavy atom. The maximum atomic E-state index is 14.8. The Hall–Kier alpha value is -4.07. The van der Waals surface area contributed by atoms with Gasteiger partial charge in [-0.05, 0) is 85.5 Å². The monoisotopic (exact) mass is 546 g/mol. The van der Waals surface area contributed by atoms with E-state index in [-0.39, 0.29) is 5.82 Å². The average molecular weight is 547 g/mol. The molecule has 0 fully saturated rings. The standard InChI is InChI=1S/C33H35FO6/c1-3-21-38-39-23-8-6-9-25-11-18-29(19-12-25)40-33(36)28-16-14-27(15-17-28)30-20-13-26(24-31(30)34)10-5-7-22-37-32(35)4-2/h3-4,11-20,24H,1-2,5-10,21-23H2. The number of esters is 2. The summed E-state index contributed by atoms with van der Waals surface area (Å²) in [5, 5.41) is 0. The van der Waals surface area contributed by atoms with Crippen LogP contribution in [0.15, 0.2) is 92.0 Å². The summed E-state index contributed by atoms with van der Waals surface area (Å²) in [6, 6.07) is 19.2. The number of halogens is 1. The first-order chi connectivity index (χ1) is 19.5. The van der Waals surface area contributed by atoms with Crippen LogP contribution in [0, 0.1) is 5.82 Å². The summed E-state index contributed by atoms with van der Waals surface area (Å²) in [6.45, 7) is 8.12. The highest BCUT2D eigenvalue weighted by atomic mass is 19.1. The third-order valence-electron chi connectivity index (χ3n) is 6.08. The molecule has 3 aromatic carbocycles. The molecular formula is C33H35FO6. The number of carbonyl (C=O) groups excluding carboxylic acids is 2. The van der Waals surface area contributed by atoms with Gasteiger partial charge in [-0.3, -0.25) is 0 Å². The molecule has 40 heavy (non-hydrogen) atoms. The molecule has 0 atom stereocenters. The van der Waals surface area contributed by atoms with E-state index in [0.717, 1.165) is 42.9 Å². The SMILES string of the molecule is C=CCOOCCCCc1ccc(OC(=O)c2ccc(-c3ccc(CCCCOC(=O)C=C)cc3F)cc2)cc1. The smallest absolute Gasteiger partial charge is 0.343 e. The van der Waals surface area contributed by atoms with Crippen LogP contribution >= 0.6 is 0 Å². The Balaban J connectivity index is 1.46. The Labute approximate surface area is 235 Å². The van der Waals surface area contributed by atoms with Crippen LogP contribution in [0.1, 0.15) is 47.2 Å². The molecule has 0 bridgehead atoms. The molecule has 3 aromatic rings. The second-order valence-corrected chi connectivity index (χ2v) is 9.11. The highest BCUT2D eigenvalue weighted by Crippen LogP contribution is 2.25. The van der Waals surface area contributed by atoms with Crippen molar-refractivity contribution >= 4 is 11.9 Å². The maximum Gasteiger partial charge on any atom is 0.343 e. The van der Waals surface area contributed by atoms with Crippen LogP contribution in [0.5, 0.6) is 5.75 Å². The van der Waals surface area contributed by atoms with Crippen molar-refractivity contribution in [2.75, 3.05) is 19.8 Å². The van der Waals surface area contributed by atoms with Crippen LogP contribution in [-0.2, 0) is 32.1 Å². The van der Waals surface area contributed by atoms with Crippen molar-refractivity contribution in [2.45, 2.75) is 38.5 Å². The first-order valence-electron chi connectivity index (χ1n) is 13.3. The largest absolute Gasteiger partial charge is 0.463 e. The van der Waals surface area contributed by atoms with Crippen LogP contribution in [0.4, 0.5) is 4.39 Å². The van der Waals surface area contributed by atoms with E-state index in [4.69, 9.17) is 19.2 Å². The topological polar surface area (TPSA) is 71.1 Å². The van der Waals surface area contributed by atoms with Gasteiger partial charge in [0.1, 0.15) is 18.2 Å². The van der Waals surface area contributed by atoms with E-state index < -0.39 is 11.9 Å². The molecule has 0 N–H and O–H groups in total. The van der Waals surface area contributed by atoms with E-state index in [0.29, 0.717) is 55.1 Å². The highest BCUT2D eigenvalue weighted by Gasteiger charge is 2.11. The first-order valence-corrected chi connectivity index (χ1v) is 13.3. The Morgan fingerprint density at radius 1 is 0.775 bits per heavy atom. The number of carbonyl (C=O) groups is 2. The number of hydrogen-bond donors (Lipinski definition) is 0. The van der Waals surface area contributed by atoms with Crippen LogP contribution in [0.2, 0.25) is 0 Å². The molecule has 3 rings (SSSR count). The lowest BCUT2D eigenvalue weighted by Gasteiger charge is -2.09. The zero-order chi connectivity index (χ0) is 28.6. The second kappa shape index (κ2) is 16.8. The minimum absolute atomic E-state index is 0.315. The zero-order valence-electron chi connectivity index (χ0n) is 22.6. The molecule has 0 saturated carbocycles. The summed E-state index contributed by atoms with van der Waals surface area (Å²) >= 11 is 0. The molecule has 7 heteroatoms. The lowest BCUT2D eigenvalue weighted by molar-refractivity contribution is -0.286. The zero-order valence-corrected chi connectivity index (χ0v) is 22.6. The van der Waals surface area contributed by atoms with Gasteiger partial charge in [-0.1, -0.05) is 49.1 Å². The van der Waals surface area contributed by atoms with Crippen LogP contribution in [0.25, 0.3) is 11.1 Å². The predicted molar refractivity (Wildman–Crippen MR) is 152 cm³/mol. The fourth-order valence-electron chi connectivity index (χ4n) is 3.93. The van der Waals surface area contributed by atoms with E-state index in [2.05, 4.69) is 13.2 Å². The van der Waals surface area contributed by atoms with Gasteiger partial charge in [0.15, 0.2) is 0 Å². The molecule has 0 aromatic heterocycles. The minimum atomic E-state index is -0.481. The van der Waals surface area contributed by atoms with Gasteiger partial charge in [0.2, 0.25) is 0 Å². The second-order valence-electron chi connectivity index (χ2n) is 9.11. The number of unbranched alkanes of at least 4 members (excludes halogenated alkanes) is 2. The van der Waals surface area contributed by atoms with Crippen molar-refractivity contribution in [3.63, 3.8) is 0 Å². The number of aryl methyl sites for hydroxylation is 2. The van der Waals surface area contributed by atoms with Crippen molar-refractivity contribution in [3.8, 4) is 16.9 Å². The van der Waals surface area contributed by atoms with Gasteiger partial charge in [-0.2, -0.15) is 0 Å². The summed E-state index contributed by atoms with van der Waals surface area (Å²) in [4.78, 5) is 33.6. The van der Waals surface area contributed by atoms with E-state index in [1.807, 2.05) is 18.2 Å². The molecule has 0 saturated heterocycles. The molecular weight excluding hydrogens is 511 g/mol. The molecule has 0 radical (unpaired) electrons. The normalized spacial score (nSPS) is 10.6. The fourth-order valence-corrected chi connectivity index (χ4v) is 3.93. The molecule has 0 amide bonds. The summed E-state index contributed by atoms with van der Waals surface area (Å²) in [5.41, 5.74) is 3.50. The lowest BCUT2D eigenvalue weighted by Crippen LogP contribution is -2.08. The quantitative estimate of drug-likeness (QED) is 0.0339. The fraction of sp³-hybridized carbons (Fsp3) is 0.273. The van der Waals surface area contributed by atoms with E-state index in [1.165, 1.54) is 6.07 Å². The molecule has 0 unspecified atom stereocenters. The molecule has 0 aliphatic carbocycles. The lowest BCUT2D eigenvalue weighted by atomic mass is 10.00. The van der Waals surface area contributed by atoms with E-state index in [9.17, 15) is 14.0 Å². The molecule has 6 nitrogen and oxygen atoms in total. The van der Waals surface area contributed by atoms with Crippen LogP contribution in [-0.4, -0.2) is 31.8 Å². The van der Waals surface area contributed by atoms with Gasteiger partial charge in [-0.25, -0.2) is 23.8 Å². The molecule has 210 valence electrons. The Morgan fingerprint density at radius 2 is 1.45 bits per heavy atom.